The quantitative estimate of drug-likeness (QED) is 0.321. The molecule has 1 atom stereocenters. The van der Waals surface area contributed by atoms with Gasteiger partial charge >= 0.3 is 0 Å². The van der Waals surface area contributed by atoms with Gasteiger partial charge in [0.05, 0.1) is 19.8 Å². The molecular formula is C21H34N6O3. The third-order valence-electron chi connectivity index (χ3n) is 6.08. The van der Waals surface area contributed by atoms with Gasteiger partial charge in [0.25, 0.3) is 5.91 Å². The molecule has 3 rings (SSSR count). The molecule has 1 unspecified atom stereocenters. The summed E-state index contributed by atoms with van der Waals surface area (Å²) < 4.78 is 5.42. The number of rotatable bonds is 8. The van der Waals surface area contributed by atoms with Crippen molar-refractivity contribution in [3.05, 3.63) is 23.0 Å². The largest absolute Gasteiger partial charge is 0.377 e. The normalized spacial score (nSPS) is 22.5. The number of likely N-dealkylation sites (N-methyl/N-ethyl adjacent to an activating group) is 2. The minimum atomic E-state index is -0.340. The molecule has 0 aromatic carbocycles. The predicted molar refractivity (Wildman–Crippen MR) is 115 cm³/mol. The maximum atomic E-state index is 13.7. The van der Waals surface area contributed by atoms with E-state index in [9.17, 15) is 9.59 Å². The smallest absolute Gasteiger partial charge is 0.288 e. The van der Waals surface area contributed by atoms with Crippen molar-refractivity contribution in [1.29, 1.82) is 0 Å². The summed E-state index contributed by atoms with van der Waals surface area (Å²) in [6.07, 6.45) is 4.04. The Labute approximate surface area is 179 Å². The van der Waals surface area contributed by atoms with Crippen LogP contribution in [0.2, 0.25) is 0 Å². The molecular weight excluding hydrogens is 384 g/mol. The van der Waals surface area contributed by atoms with Gasteiger partial charge in [-0.2, -0.15) is 5.01 Å². The first-order chi connectivity index (χ1) is 14.5. The van der Waals surface area contributed by atoms with Crippen molar-refractivity contribution in [3.63, 3.8) is 0 Å². The molecule has 0 N–H and O–H groups in total. The van der Waals surface area contributed by atoms with E-state index in [1.165, 1.54) is 0 Å². The van der Waals surface area contributed by atoms with Crippen LogP contribution in [0.3, 0.4) is 0 Å². The van der Waals surface area contributed by atoms with E-state index in [0.29, 0.717) is 32.0 Å². The molecule has 3 aliphatic heterocycles. The number of carbonyl (C=O) groups excluding carboxylic acids is 2. The fraction of sp³-hybridized carbons (Fsp3) is 0.667. The molecule has 0 saturated carbocycles. The van der Waals surface area contributed by atoms with Gasteiger partial charge in [0.1, 0.15) is 24.8 Å². The lowest BCUT2D eigenvalue weighted by atomic mass is 10.1. The topological polar surface area (TPSA) is 71.9 Å². The number of hydrazine groups is 1. The Hall–Kier alpha value is -2.23. The van der Waals surface area contributed by atoms with E-state index >= 15 is 0 Å². The second-order valence-corrected chi connectivity index (χ2v) is 7.91. The lowest BCUT2D eigenvalue weighted by molar-refractivity contribution is -0.156. The van der Waals surface area contributed by atoms with Gasteiger partial charge in [-0.25, -0.2) is 5.01 Å². The molecule has 3 aliphatic rings. The van der Waals surface area contributed by atoms with Crippen LogP contribution in [0.4, 0.5) is 0 Å². The van der Waals surface area contributed by atoms with E-state index in [2.05, 4.69) is 28.6 Å². The average molecular weight is 419 g/mol. The van der Waals surface area contributed by atoms with Crippen molar-refractivity contribution in [3.8, 4) is 0 Å². The number of aldehydes is 1. The Morgan fingerprint density at radius 3 is 2.63 bits per heavy atom. The van der Waals surface area contributed by atoms with Crippen molar-refractivity contribution in [2.24, 2.45) is 4.99 Å². The maximum absolute atomic E-state index is 13.7. The zero-order valence-corrected chi connectivity index (χ0v) is 18.4. The highest BCUT2D eigenvalue weighted by atomic mass is 16.5. The highest BCUT2D eigenvalue weighted by Crippen LogP contribution is 2.29. The Morgan fingerprint density at radius 2 is 2.07 bits per heavy atom. The molecule has 1 fully saturated rings. The first-order valence-corrected chi connectivity index (χ1v) is 10.6. The number of aliphatic imine (C=N–C) groups is 1. The molecule has 3 heterocycles. The van der Waals surface area contributed by atoms with E-state index in [1.54, 1.807) is 5.01 Å². The number of carbonyl (C=O) groups is 2. The number of piperazine rings is 1. The van der Waals surface area contributed by atoms with Crippen molar-refractivity contribution < 1.29 is 14.3 Å². The number of amides is 1. The average Bonchev–Trinajstić information content (AvgIpc) is 2.76. The summed E-state index contributed by atoms with van der Waals surface area (Å²) in [4.78, 5) is 35.9. The van der Waals surface area contributed by atoms with Crippen molar-refractivity contribution >= 4 is 18.9 Å². The van der Waals surface area contributed by atoms with Crippen LogP contribution >= 0.6 is 0 Å². The third kappa shape index (κ3) is 4.58. The standard InChI is InChI=1S/C21H34N6O3/c1-5-18-19(25-10-8-23(3)9-11-25)21(29)27(16-26(18)12-13-28)24(4)20(22-2)17-6-14-30-15-7-17/h6,13,20H,2,5,7-12,14-16H2,1,3-4H3. The predicted octanol–water partition coefficient (Wildman–Crippen LogP) is 0.376. The molecule has 1 saturated heterocycles. The van der Waals surface area contributed by atoms with Gasteiger partial charge in [0, 0.05) is 38.9 Å². The number of hydrogen-bond donors (Lipinski definition) is 0. The molecule has 9 nitrogen and oxygen atoms in total. The van der Waals surface area contributed by atoms with Crippen LogP contribution in [0.15, 0.2) is 28.0 Å². The molecule has 0 aliphatic carbocycles. The molecule has 0 spiro atoms. The fourth-order valence-corrected chi connectivity index (χ4v) is 4.33. The minimum Gasteiger partial charge on any atom is -0.377 e. The Balaban J connectivity index is 1.92. The summed E-state index contributed by atoms with van der Waals surface area (Å²) in [7, 11) is 3.96. The van der Waals surface area contributed by atoms with Crippen LogP contribution < -0.4 is 0 Å². The fourth-order valence-electron chi connectivity index (χ4n) is 4.33. The van der Waals surface area contributed by atoms with Crippen molar-refractivity contribution in [2.75, 3.05) is 66.7 Å². The summed E-state index contributed by atoms with van der Waals surface area (Å²) in [5.41, 5.74) is 2.74. The van der Waals surface area contributed by atoms with E-state index in [-0.39, 0.29) is 18.6 Å². The Kier molecular flexibility index (Phi) is 7.63. The van der Waals surface area contributed by atoms with E-state index in [1.807, 2.05) is 30.0 Å². The van der Waals surface area contributed by atoms with Crippen LogP contribution in [0.5, 0.6) is 0 Å². The zero-order chi connectivity index (χ0) is 21.7. The van der Waals surface area contributed by atoms with Gasteiger partial charge in [-0.05, 0) is 32.2 Å². The van der Waals surface area contributed by atoms with E-state index in [0.717, 1.165) is 50.2 Å². The van der Waals surface area contributed by atoms with Crippen LogP contribution in [0, 0.1) is 0 Å². The lowest BCUT2D eigenvalue weighted by Gasteiger charge is -2.47. The van der Waals surface area contributed by atoms with Gasteiger partial charge in [-0.1, -0.05) is 13.0 Å². The highest BCUT2D eigenvalue weighted by Gasteiger charge is 2.39. The molecule has 0 aromatic rings. The van der Waals surface area contributed by atoms with Crippen molar-refractivity contribution in [1.82, 2.24) is 24.7 Å². The molecule has 30 heavy (non-hydrogen) atoms. The van der Waals surface area contributed by atoms with E-state index in [4.69, 9.17) is 4.74 Å². The molecule has 0 radical (unpaired) electrons. The summed E-state index contributed by atoms with van der Waals surface area (Å²) in [5, 5.41) is 3.55. The van der Waals surface area contributed by atoms with Crippen LogP contribution in [0.25, 0.3) is 0 Å². The first kappa shape index (κ1) is 22.5. The SMILES string of the molecule is C=NC(C1=CCOCC1)N(C)N1CN(CC=O)C(CC)=C(N2CCN(C)CC2)C1=O. The summed E-state index contributed by atoms with van der Waals surface area (Å²) in [6, 6.07) is 0. The summed E-state index contributed by atoms with van der Waals surface area (Å²) in [5.74, 6) is -0.0395. The lowest BCUT2D eigenvalue weighted by Crippen LogP contribution is -2.60. The number of allylic oxidation sites excluding steroid dienone is 1. The van der Waals surface area contributed by atoms with Crippen molar-refractivity contribution in [2.45, 2.75) is 25.9 Å². The summed E-state index contributed by atoms with van der Waals surface area (Å²) >= 11 is 0. The maximum Gasteiger partial charge on any atom is 0.288 e. The van der Waals surface area contributed by atoms with Gasteiger partial charge in [-0.3, -0.25) is 9.79 Å². The summed E-state index contributed by atoms with van der Waals surface area (Å²) in [6.45, 7) is 11.0. The van der Waals surface area contributed by atoms with Crippen LogP contribution in [-0.2, 0) is 14.3 Å². The number of ether oxygens (including phenoxy) is 1. The zero-order valence-electron chi connectivity index (χ0n) is 18.4. The highest BCUT2D eigenvalue weighted by molar-refractivity contribution is 5.94. The molecule has 0 bridgehead atoms. The van der Waals surface area contributed by atoms with Gasteiger partial charge in [0.2, 0.25) is 0 Å². The van der Waals surface area contributed by atoms with Gasteiger partial charge in [-0.15, -0.1) is 0 Å². The number of hydrogen-bond acceptors (Lipinski definition) is 8. The molecule has 9 heteroatoms. The second kappa shape index (κ2) is 10.2. The number of nitrogens with zero attached hydrogens (tertiary/aromatic N) is 6. The molecule has 0 aromatic heterocycles. The monoisotopic (exact) mass is 418 g/mol. The minimum absolute atomic E-state index is 0.0395. The molecule has 166 valence electrons. The van der Waals surface area contributed by atoms with Crippen LogP contribution in [-0.4, -0.2) is 116 Å². The first-order valence-electron chi connectivity index (χ1n) is 10.6. The Morgan fingerprint density at radius 1 is 1.33 bits per heavy atom. The van der Waals surface area contributed by atoms with E-state index < -0.39 is 0 Å². The Bertz CT molecular complexity index is 714. The second-order valence-electron chi connectivity index (χ2n) is 7.91. The van der Waals surface area contributed by atoms with Gasteiger partial charge in [0.15, 0.2) is 0 Å². The van der Waals surface area contributed by atoms with Gasteiger partial charge < -0.3 is 24.2 Å². The molecule has 1 amide bonds. The third-order valence-corrected chi connectivity index (χ3v) is 6.08. The van der Waals surface area contributed by atoms with Crippen LogP contribution in [0.1, 0.15) is 19.8 Å².